The summed E-state index contributed by atoms with van der Waals surface area (Å²) in [4.78, 5) is 6.85. The summed E-state index contributed by atoms with van der Waals surface area (Å²) in [5.41, 5.74) is -0.855. The van der Waals surface area contributed by atoms with Gasteiger partial charge in [0, 0.05) is 39.8 Å². The summed E-state index contributed by atoms with van der Waals surface area (Å²) in [6.07, 6.45) is 2.17. The van der Waals surface area contributed by atoms with Gasteiger partial charge in [0.2, 0.25) is 0 Å². The second-order valence-corrected chi connectivity index (χ2v) is 7.41. The first-order chi connectivity index (χ1) is 12.9. The van der Waals surface area contributed by atoms with Crippen molar-refractivity contribution in [2.45, 2.75) is 45.8 Å². The lowest BCUT2D eigenvalue weighted by Crippen LogP contribution is -2.53. The molecule has 0 aliphatic carbocycles. The van der Waals surface area contributed by atoms with E-state index in [4.69, 9.17) is 4.74 Å². The second kappa shape index (κ2) is 10.6. The van der Waals surface area contributed by atoms with Gasteiger partial charge in [-0.2, -0.15) is 0 Å². The van der Waals surface area contributed by atoms with E-state index in [9.17, 15) is 5.11 Å². The zero-order valence-corrected chi connectivity index (χ0v) is 17.2. The minimum atomic E-state index is -0.855. The Bertz CT molecular complexity index is 595. The number of aliphatic imine (C=N–C) groups is 1. The van der Waals surface area contributed by atoms with Crippen molar-refractivity contribution >= 4 is 5.96 Å². The molecule has 1 saturated heterocycles. The van der Waals surface area contributed by atoms with Crippen molar-refractivity contribution in [3.8, 4) is 0 Å². The van der Waals surface area contributed by atoms with E-state index in [0.717, 1.165) is 57.3 Å². The number of aliphatic hydroxyl groups is 1. The topological polar surface area (TPSA) is 99.8 Å². The average molecular weight is 382 g/mol. The van der Waals surface area contributed by atoms with Crippen molar-refractivity contribution < 1.29 is 9.84 Å². The number of ether oxygens (including phenoxy) is 1. The standard InChI is InChI=1S/C18H35N7O2/c1-5-6-7-19-17(20-12-16-23-22-15(2)24(16)4)21-13-18(3,26)14-25-8-10-27-11-9-25/h26H,5-14H2,1-4H3,(H2,19,20,21). The fourth-order valence-electron chi connectivity index (χ4n) is 2.87. The summed E-state index contributed by atoms with van der Waals surface area (Å²) in [6, 6.07) is 0. The monoisotopic (exact) mass is 381 g/mol. The maximum Gasteiger partial charge on any atom is 0.191 e. The van der Waals surface area contributed by atoms with Crippen molar-refractivity contribution in [2.24, 2.45) is 12.0 Å². The third-order valence-electron chi connectivity index (χ3n) is 4.69. The SMILES string of the molecule is CCCCNC(=NCc1nnc(C)n1C)NCC(C)(O)CN1CCOCC1. The molecule has 0 bridgehead atoms. The Morgan fingerprint density at radius 3 is 2.67 bits per heavy atom. The van der Waals surface area contributed by atoms with Crippen LogP contribution in [0.3, 0.4) is 0 Å². The molecule has 0 aromatic carbocycles. The predicted octanol–water partition coefficient (Wildman–Crippen LogP) is 0.0420. The molecular weight excluding hydrogens is 346 g/mol. The molecule has 2 heterocycles. The van der Waals surface area contributed by atoms with Crippen molar-refractivity contribution in [3.63, 3.8) is 0 Å². The maximum absolute atomic E-state index is 10.8. The second-order valence-electron chi connectivity index (χ2n) is 7.41. The van der Waals surface area contributed by atoms with Gasteiger partial charge in [-0.1, -0.05) is 13.3 Å². The van der Waals surface area contributed by atoms with Crippen LogP contribution in [0.5, 0.6) is 0 Å². The van der Waals surface area contributed by atoms with E-state index >= 15 is 0 Å². The molecule has 1 aliphatic heterocycles. The highest BCUT2D eigenvalue weighted by Gasteiger charge is 2.25. The van der Waals surface area contributed by atoms with E-state index in [0.29, 0.717) is 25.6 Å². The van der Waals surface area contributed by atoms with Crippen LogP contribution >= 0.6 is 0 Å². The molecule has 0 spiro atoms. The van der Waals surface area contributed by atoms with Gasteiger partial charge in [0.15, 0.2) is 11.8 Å². The first-order valence-corrected chi connectivity index (χ1v) is 9.81. The number of morpholine rings is 1. The van der Waals surface area contributed by atoms with Gasteiger partial charge in [-0.15, -0.1) is 10.2 Å². The lowest BCUT2D eigenvalue weighted by atomic mass is 10.1. The Morgan fingerprint density at radius 2 is 2.04 bits per heavy atom. The van der Waals surface area contributed by atoms with Gasteiger partial charge in [0.25, 0.3) is 0 Å². The van der Waals surface area contributed by atoms with Crippen LogP contribution in [0.15, 0.2) is 4.99 Å². The van der Waals surface area contributed by atoms with Crippen LogP contribution in [0.25, 0.3) is 0 Å². The maximum atomic E-state index is 10.8. The molecule has 0 saturated carbocycles. The summed E-state index contributed by atoms with van der Waals surface area (Å²) in [6.45, 7) is 11.4. The van der Waals surface area contributed by atoms with Gasteiger partial charge in [-0.25, -0.2) is 4.99 Å². The molecule has 1 unspecified atom stereocenters. The minimum Gasteiger partial charge on any atom is -0.387 e. The van der Waals surface area contributed by atoms with E-state index in [1.165, 1.54) is 0 Å². The van der Waals surface area contributed by atoms with Crippen LogP contribution in [-0.2, 0) is 18.3 Å². The zero-order valence-electron chi connectivity index (χ0n) is 17.2. The van der Waals surface area contributed by atoms with Gasteiger partial charge in [-0.3, -0.25) is 4.90 Å². The largest absolute Gasteiger partial charge is 0.387 e. The Hall–Kier alpha value is -1.71. The average Bonchev–Trinajstić information content (AvgIpc) is 2.96. The summed E-state index contributed by atoms with van der Waals surface area (Å²) < 4.78 is 7.30. The summed E-state index contributed by atoms with van der Waals surface area (Å²) in [5, 5.41) is 25.6. The molecule has 2 rings (SSSR count). The first-order valence-electron chi connectivity index (χ1n) is 9.81. The summed E-state index contributed by atoms with van der Waals surface area (Å²) in [5.74, 6) is 2.36. The molecular formula is C18H35N7O2. The molecule has 0 radical (unpaired) electrons. The molecule has 9 nitrogen and oxygen atoms in total. The van der Waals surface area contributed by atoms with Crippen LogP contribution in [0.2, 0.25) is 0 Å². The molecule has 1 atom stereocenters. The zero-order chi connectivity index (χ0) is 19.7. The number of hydrogen-bond donors (Lipinski definition) is 3. The van der Waals surface area contributed by atoms with Crippen molar-refractivity contribution in [3.05, 3.63) is 11.6 Å². The third kappa shape index (κ3) is 7.43. The van der Waals surface area contributed by atoms with Gasteiger partial charge in [0.05, 0.1) is 18.8 Å². The first kappa shape index (κ1) is 21.6. The number of nitrogens with zero attached hydrogens (tertiary/aromatic N) is 5. The Morgan fingerprint density at radius 1 is 1.30 bits per heavy atom. The molecule has 0 amide bonds. The lowest BCUT2D eigenvalue weighted by molar-refractivity contribution is -0.0201. The van der Waals surface area contributed by atoms with Crippen molar-refractivity contribution in [2.75, 3.05) is 45.9 Å². The summed E-state index contributed by atoms with van der Waals surface area (Å²) in [7, 11) is 1.94. The molecule has 1 aliphatic rings. The van der Waals surface area contributed by atoms with Gasteiger partial charge in [0.1, 0.15) is 12.4 Å². The molecule has 1 fully saturated rings. The van der Waals surface area contributed by atoms with Gasteiger partial charge < -0.3 is 25.0 Å². The lowest BCUT2D eigenvalue weighted by Gasteiger charge is -2.34. The van der Waals surface area contributed by atoms with Crippen LogP contribution < -0.4 is 10.6 Å². The number of guanidine groups is 1. The number of unbranched alkanes of at least 4 members (excludes halogenated alkanes) is 1. The highest BCUT2D eigenvalue weighted by molar-refractivity contribution is 5.79. The number of rotatable bonds is 9. The number of β-amino-alcohol motifs (C(OH)–C–C–N with tert-alkyl or cyclic N) is 1. The van der Waals surface area contributed by atoms with Gasteiger partial charge in [-0.05, 0) is 20.3 Å². The van der Waals surface area contributed by atoms with E-state index in [2.05, 4.69) is 37.6 Å². The number of aromatic nitrogens is 3. The Labute approximate surface area is 162 Å². The van der Waals surface area contributed by atoms with Gasteiger partial charge >= 0.3 is 0 Å². The van der Waals surface area contributed by atoms with E-state index in [1.807, 2.05) is 25.5 Å². The normalized spacial score (nSPS) is 18.3. The van der Waals surface area contributed by atoms with E-state index in [-0.39, 0.29) is 0 Å². The smallest absolute Gasteiger partial charge is 0.191 e. The third-order valence-corrected chi connectivity index (χ3v) is 4.69. The van der Waals surface area contributed by atoms with Crippen LogP contribution in [-0.4, -0.2) is 82.3 Å². The predicted molar refractivity (Wildman–Crippen MR) is 106 cm³/mol. The fraction of sp³-hybridized carbons (Fsp3) is 0.833. The number of nitrogens with one attached hydrogen (secondary N) is 2. The Balaban J connectivity index is 1.91. The molecule has 9 heteroatoms. The quantitative estimate of drug-likeness (QED) is 0.315. The highest BCUT2D eigenvalue weighted by Crippen LogP contribution is 2.07. The van der Waals surface area contributed by atoms with E-state index in [1.54, 1.807) is 0 Å². The van der Waals surface area contributed by atoms with Crippen LogP contribution in [0.4, 0.5) is 0 Å². The molecule has 3 N–H and O–H groups in total. The van der Waals surface area contributed by atoms with Crippen LogP contribution in [0.1, 0.15) is 38.3 Å². The van der Waals surface area contributed by atoms with E-state index < -0.39 is 5.60 Å². The Kier molecular flexibility index (Phi) is 8.46. The van der Waals surface area contributed by atoms with Crippen molar-refractivity contribution in [1.82, 2.24) is 30.3 Å². The minimum absolute atomic E-state index is 0.417. The fourth-order valence-corrected chi connectivity index (χ4v) is 2.87. The molecule has 27 heavy (non-hydrogen) atoms. The number of aryl methyl sites for hydroxylation is 1. The summed E-state index contributed by atoms with van der Waals surface area (Å²) >= 11 is 0. The van der Waals surface area contributed by atoms with Crippen LogP contribution in [0, 0.1) is 6.92 Å². The molecule has 1 aromatic rings. The van der Waals surface area contributed by atoms with Crippen molar-refractivity contribution in [1.29, 1.82) is 0 Å². The molecule has 1 aromatic heterocycles. The highest BCUT2D eigenvalue weighted by atomic mass is 16.5. The molecule has 154 valence electrons. The number of hydrogen-bond acceptors (Lipinski definition) is 6.